The fourth-order valence-corrected chi connectivity index (χ4v) is 0.703. The Morgan fingerprint density at radius 2 is 1.62 bits per heavy atom. The summed E-state index contributed by atoms with van der Waals surface area (Å²) in [6.07, 6.45) is 4.55. The average Bonchev–Trinajstić information content (AvgIpc) is 2.13. The molecule has 0 bridgehead atoms. The molecule has 80 valence electrons. The summed E-state index contributed by atoms with van der Waals surface area (Å²) in [7, 11) is 0. The van der Waals surface area contributed by atoms with Gasteiger partial charge in [0.2, 0.25) is 0 Å². The van der Waals surface area contributed by atoms with Gasteiger partial charge in [-0.3, -0.25) is 4.79 Å². The van der Waals surface area contributed by atoms with Crippen LogP contribution in [0.4, 0.5) is 0 Å². The molecule has 4 heteroatoms. The lowest BCUT2D eigenvalue weighted by Gasteiger charge is -1.92. The zero-order valence-electron chi connectivity index (χ0n) is 8.20. The van der Waals surface area contributed by atoms with Crippen molar-refractivity contribution >= 4 is 5.97 Å². The van der Waals surface area contributed by atoms with E-state index < -0.39 is 5.97 Å². The lowest BCUT2D eigenvalue weighted by atomic mass is 10.2. The highest BCUT2D eigenvalue weighted by Gasteiger charge is 1.93. The molecular weight excluding hydrogens is 172 g/mol. The van der Waals surface area contributed by atoms with Gasteiger partial charge in [-0.25, -0.2) is 0 Å². The molecule has 0 saturated heterocycles. The van der Waals surface area contributed by atoms with E-state index in [9.17, 15) is 4.79 Å². The van der Waals surface area contributed by atoms with Gasteiger partial charge in [0.25, 0.3) is 0 Å². The summed E-state index contributed by atoms with van der Waals surface area (Å²) in [5.74, 6) is -0.675. The first kappa shape index (κ1) is 14.9. The van der Waals surface area contributed by atoms with E-state index in [1.54, 1.807) is 0 Å². The van der Waals surface area contributed by atoms with E-state index in [0.717, 1.165) is 19.3 Å². The van der Waals surface area contributed by atoms with Crippen molar-refractivity contribution in [3.05, 3.63) is 0 Å². The van der Waals surface area contributed by atoms with Crippen LogP contribution < -0.4 is 0 Å². The number of hydrogen-bond donors (Lipinski definition) is 3. The average molecular weight is 192 g/mol. The van der Waals surface area contributed by atoms with Crippen LogP contribution in [0.15, 0.2) is 0 Å². The molecular formula is C9H20O4. The highest BCUT2D eigenvalue weighted by molar-refractivity contribution is 5.66. The molecule has 0 aliphatic heterocycles. The Labute approximate surface area is 79.2 Å². The van der Waals surface area contributed by atoms with E-state index in [0.29, 0.717) is 6.42 Å². The molecule has 0 aliphatic carbocycles. The predicted molar refractivity (Wildman–Crippen MR) is 50.6 cm³/mol. The topological polar surface area (TPSA) is 77.8 Å². The summed E-state index contributed by atoms with van der Waals surface area (Å²) in [5, 5.41) is 23.5. The normalized spacial score (nSPS) is 8.85. The minimum Gasteiger partial charge on any atom is -0.481 e. The second kappa shape index (κ2) is 13.9. The quantitative estimate of drug-likeness (QED) is 0.549. The zero-order valence-corrected chi connectivity index (χ0v) is 8.20. The van der Waals surface area contributed by atoms with Crippen LogP contribution in [0.3, 0.4) is 0 Å². The molecule has 0 aromatic rings. The summed E-state index contributed by atoms with van der Waals surface area (Å²) in [6, 6.07) is 0. The molecule has 0 rings (SSSR count). The Bertz CT molecular complexity index is 102. The van der Waals surface area contributed by atoms with Gasteiger partial charge >= 0.3 is 5.97 Å². The highest BCUT2D eigenvalue weighted by Crippen LogP contribution is 2.01. The van der Waals surface area contributed by atoms with Crippen LogP contribution in [0, 0.1) is 0 Å². The van der Waals surface area contributed by atoms with Crippen LogP contribution >= 0.6 is 0 Å². The van der Waals surface area contributed by atoms with E-state index in [1.807, 2.05) is 0 Å². The smallest absolute Gasteiger partial charge is 0.303 e. The molecule has 0 heterocycles. The highest BCUT2D eigenvalue weighted by atomic mass is 16.4. The van der Waals surface area contributed by atoms with Crippen LogP contribution in [0.25, 0.3) is 0 Å². The molecule has 0 atom stereocenters. The van der Waals surface area contributed by atoms with Crippen molar-refractivity contribution in [2.75, 3.05) is 13.2 Å². The number of carbonyl (C=O) groups is 1. The Kier molecular flexibility index (Phi) is 16.0. The van der Waals surface area contributed by atoms with Crippen molar-refractivity contribution < 1.29 is 20.1 Å². The number of aliphatic carboxylic acids is 1. The molecule has 4 nitrogen and oxygen atoms in total. The van der Waals surface area contributed by atoms with Crippen molar-refractivity contribution in [3.8, 4) is 0 Å². The lowest BCUT2D eigenvalue weighted by Crippen LogP contribution is -1.92. The first-order valence-electron chi connectivity index (χ1n) is 4.62. The predicted octanol–water partition coefficient (Wildman–Crippen LogP) is 1.01. The third kappa shape index (κ3) is 24.6. The molecule has 0 aliphatic rings. The third-order valence-electron chi connectivity index (χ3n) is 1.34. The molecule has 0 aromatic heterocycles. The second-order valence-electron chi connectivity index (χ2n) is 2.65. The van der Waals surface area contributed by atoms with Crippen LogP contribution in [-0.2, 0) is 4.79 Å². The Morgan fingerprint density at radius 3 is 1.92 bits per heavy atom. The molecule has 0 aromatic carbocycles. The first-order valence-corrected chi connectivity index (χ1v) is 4.62. The monoisotopic (exact) mass is 192 g/mol. The van der Waals surface area contributed by atoms with Crippen molar-refractivity contribution in [1.82, 2.24) is 0 Å². The molecule has 0 amide bonds. The molecule has 3 N–H and O–H groups in total. The fraction of sp³-hybridized carbons (Fsp3) is 0.889. The summed E-state index contributed by atoms with van der Waals surface area (Å²) in [5.41, 5.74) is 0. The van der Waals surface area contributed by atoms with Gasteiger partial charge in [-0.2, -0.15) is 0 Å². The van der Waals surface area contributed by atoms with Gasteiger partial charge in [0.05, 0.1) is 13.2 Å². The number of hydrogen-bond acceptors (Lipinski definition) is 3. The van der Waals surface area contributed by atoms with Gasteiger partial charge in [-0.1, -0.05) is 26.2 Å². The van der Waals surface area contributed by atoms with Gasteiger partial charge in [-0.05, 0) is 6.42 Å². The number of rotatable bonds is 6. The summed E-state index contributed by atoms with van der Waals surface area (Å²) < 4.78 is 0. The second-order valence-corrected chi connectivity index (χ2v) is 2.65. The van der Waals surface area contributed by atoms with E-state index in [2.05, 4.69) is 6.92 Å². The molecule has 0 spiro atoms. The Hall–Kier alpha value is -0.610. The lowest BCUT2D eigenvalue weighted by molar-refractivity contribution is -0.137. The maximum Gasteiger partial charge on any atom is 0.303 e. The first-order chi connectivity index (χ1) is 6.18. The number of carboxylic acid groups (broad SMARTS) is 1. The van der Waals surface area contributed by atoms with Gasteiger partial charge in [0, 0.05) is 6.42 Å². The maximum absolute atomic E-state index is 9.96. The third-order valence-corrected chi connectivity index (χ3v) is 1.34. The Balaban J connectivity index is 0. The van der Waals surface area contributed by atoms with Gasteiger partial charge < -0.3 is 15.3 Å². The molecule has 0 unspecified atom stereocenters. The number of aliphatic hydroxyl groups is 2. The van der Waals surface area contributed by atoms with Crippen molar-refractivity contribution in [2.45, 2.75) is 39.0 Å². The number of aliphatic hydroxyl groups excluding tert-OH is 2. The SMILES string of the molecule is CCCCCCC(=O)O.OCCO. The van der Waals surface area contributed by atoms with Gasteiger partial charge in [0.15, 0.2) is 0 Å². The number of carboxylic acids is 1. The van der Waals surface area contributed by atoms with Gasteiger partial charge in [0.1, 0.15) is 0 Å². The minimum atomic E-state index is -0.675. The van der Waals surface area contributed by atoms with Crippen LogP contribution in [0.2, 0.25) is 0 Å². The van der Waals surface area contributed by atoms with Crippen molar-refractivity contribution in [3.63, 3.8) is 0 Å². The van der Waals surface area contributed by atoms with Crippen LogP contribution in [0.1, 0.15) is 39.0 Å². The fourth-order valence-electron chi connectivity index (χ4n) is 0.703. The van der Waals surface area contributed by atoms with E-state index >= 15 is 0 Å². The van der Waals surface area contributed by atoms with Crippen LogP contribution in [0.5, 0.6) is 0 Å². The van der Waals surface area contributed by atoms with Crippen molar-refractivity contribution in [2.24, 2.45) is 0 Å². The summed E-state index contributed by atoms with van der Waals surface area (Å²) in [6.45, 7) is 1.86. The summed E-state index contributed by atoms with van der Waals surface area (Å²) >= 11 is 0. The minimum absolute atomic E-state index is 0.125. The Morgan fingerprint density at radius 1 is 1.08 bits per heavy atom. The van der Waals surface area contributed by atoms with E-state index in [1.165, 1.54) is 6.42 Å². The van der Waals surface area contributed by atoms with E-state index in [4.69, 9.17) is 15.3 Å². The van der Waals surface area contributed by atoms with Gasteiger partial charge in [-0.15, -0.1) is 0 Å². The maximum atomic E-state index is 9.96. The largest absolute Gasteiger partial charge is 0.481 e. The molecule has 0 saturated carbocycles. The number of unbranched alkanes of at least 4 members (excludes halogenated alkanes) is 3. The summed E-state index contributed by atoms with van der Waals surface area (Å²) in [4.78, 5) is 9.96. The van der Waals surface area contributed by atoms with Crippen molar-refractivity contribution in [1.29, 1.82) is 0 Å². The zero-order chi connectivity index (χ0) is 10.5. The molecule has 0 fully saturated rings. The standard InChI is InChI=1S/C7H14O2.C2H6O2/c1-2-3-4-5-6-7(8)9;3-1-2-4/h2-6H2,1H3,(H,8,9);3-4H,1-2H2. The van der Waals surface area contributed by atoms with Crippen LogP contribution in [-0.4, -0.2) is 34.5 Å². The molecule has 13 heavy (non-hydrogen) atoms. The molecule has 0 radical (unpaired) electrons. The van der Waals surface area contributed by atoms with E-state index in [-0.39, 0.29) is 13.2 Å².